The normalized spacial score (nSPS) is 30.5. The lowest BCUT2D eigenvalue weighted by Crippen LogP contribution is -2.16. The second kappa shape index (κ2) is 4.34. The monoisotopic (exact) mass is 194 g/mol. The maximum atomic E-state index is 11.9. The summed E-state index contributed by atoms with van der Waals surface area (Å²) in [5.41, 5.74) is 0. The van der Waals surface area contributed by atoms with Gasteiger partial charge in [-0.05, 0) is 24.7 Å². The van der Waals surface area contributed by atoms with E-state index in [1.807, 2.05) is 0 Å². The van der Waals surface area contributed by atoms with E-state index >= 15 is 0 Å². The van der Waals surface area contributed by atoms with Gasteiger partial charge in [-0.1, -0.05) is 26.2 Å². The van der Waals surface area contributed by atoms with Gasteiger partial charge in [0.25, 0.3) is 0 Å². The molecule has 1 rings (SSSR count). The molecule has 0 bridgehead atoms. The predicted octanol–water partition coefficient (Wildman–Crippen LogP) is 4.16. The molecule has 0 aromatic carbocycles. The van der Waals surface area contributed by atoms with Gasteiger partial charge >= 0.3 is 6.18 Å². The van der Waals surface area contributed by atoms with Gasteiger partial charge in [0.2, 0.25) is 0 Å². The molecule has 0 heterocycles. The van der Waals surface area contributed by atoms with Crippen molar-refractivity contribution in [2.75, 3.05) is 0 Å². The molecule has 1 aliphatic carbocycles. The van der Waals surface area contributed by atoms with E-state index in [0.29, 0.717) is 18.3 Å². The van der Waals surface area contributed by atoms with Gasteiger partial charge in [-0.15, -0.1) is 0 Å². The Hall–Kier alpha value is -0.210. The van der Waals surface area contributed by atoms with Crippen molar-refractivity contribution in [3.05, 3.63) is 0 Å². The van der Waals surface area contributed by atoms with E-state index in [2.05, 4.69) is 6.92 Å². The summed E-state index contributed by atoms with van der Waals surface area (Å²) < 4.78 is 35.7. The highest BCUT2D eigenvalue weighted by molar-refractivity contribution is 4.71. The average molecular weight is 194 g/mol. The lowest BCUT2D eigenvalue weighted by Gasteiger charge is -2.26. The van der Waals surface area contributed by atoms with Gasteiger partial charge in [-0.2, -0.15) is 13.2 Å². The first-order valence-corrected chi connectivity index (χ1v) is 5.04. The molecule has 2 atom stereocenters. The molecule has 3 heteroatoms. The smallest absolute Gasteiger partial charge is 0.171 e. The molecule has 0 N–H and O–H groups in total. The van der Waals surface area contributed by atoms with Crippen molar-refractivity contribution in [2.45, 2.75) is 51.6 Å². The van der Waals surface area contributed by atoms with Crippen LogP contribution in [-0.2, 0) is 0 Å². The zero-order chi connectivity index (χ0) is 9.90. The Balaban J connectivity index is 2.21. The van der Waals surface area contributed by atoms with Crippen molar-refractivity contribution < 1.29 is 13.2 Å². The molecule has 0 aliphatic heterocycles. The fraction of sp³-hybridized carbons (Fsp3) is 1.00. The van der Waals surface area contributed by atoms with Crippen LogP contribution in [0.2, 0.25) is 0 Å². The number of alkyl halides is 3. The first-order chi connectivity index (χ1) is 5.97. The number of hydrogen-bond donors (Lipinski definition) is 0. The fourth-order valence-corrected chi connectivity index (χ4v) is 2.19. The third kappa shape index (κ3) is 4.53. The Kier molecular flexibility index (Phi) is 3.63. The van der Waals surface area contributed by atoms with Crippen molar-refractivity contribution >= 4 is 0 Å². The van der Waals surface area contributed by atoms with Crippen LogP contribution in [0.15, 0.2) is 0 Å². The summed E-state index contributed by atoms with van der Waals surface area (Å²) in [6.07, 6.45) is 0.0988. The molecular formula is C10H17F3. The number of rotatable bonds is 2. The molecule has 78 valence electrons. The molecule has 1 saturated carbocycles. The van der Waals surface area contributed by atoms with Gasteiger partial charge in [0, 0.05) is 6.42 Å². The molecule has 0 amide bonds. The fourth-order valence-electron chi connectivity index (χ4n) is 2.19. The van der Waals surface area contributed by atoms with Crippen molar-refractivity contribution in [1.82, 2.24) is 0 Å². The summed E-state index contributed by atoms with van der Waals surface area (Å²) in [5.74, 6) is 0.956. The van der Waals surface area contributed by atoms with E-state index in [4.69, 9.17) is 0 Å². The van der Waals surface area contributed by atoms with Crippen LogP contribution in [0, 0.1) is 11.8 Å². The maximum Gasteiger partial charge on any atom is 0.389 e. The van der Waals surface area contributed by atoms with E-state index in [9.17, 15) is 13.2 Å². The van der Waals surface area contributed by atoms with Crippen molar-refractivity contribution in [1.29, 1.82) is 0 Å². The highest BCUT2D eigenvalue weighted by Crippen LogP contribution is 2.34. The lowest BCUT2D eigenvalue weighted by atomic mass is 9.80. The summed E-state index contributed by atoms with van der Waals surface area (Å²) in [7, 11) is 0. The molecule has 0 radical (unpaired) electrons. The van der Waals surface area contributed by atoms with Crippen molar-refractivity contribution in [2.24, 2.45) is 11.8 Å². The molecule has 0 saturated heterocycles. The van der Waals surface area contributed by atoms with Crippen LogP contribution in [0.3, 0.4) is 0 Å². The van der Waals surface area contributed by atoms with E-state index in [0.717, 1.165) is 19.3 Å². The van der Waals surface area contributed by atoms with Crippen LogP contribution in [0.5, 0.6) is 0 Å². The minimum absolute atomic E-state index is 0.324. The first kappa shape index (κ1) is 10.9. The summed E-state index contributed by atoms with van der Waals surface area (Å²) in [4.78, 5) is 0. The zero-order valence-electron chi connectivity index (χ0n) is 8.03. The van der Waals surface area contributed by atoms with Gasteiger partial charge in [-0.25, -0.2) is 0 Å². The summed E-state index contributed by atoms with van der Waals surface area (Å²) >= 11 is 0. The highest BCUT2D eigenvalue weighted by Gasteiger charge is 2.29. The minimum Gasteiger partial charge on any atom is -0.171 e. The van der Waals surface area contributed by atoms with E-state index in [1.54, 1.807) is 0 Å². The van der Waals surface area contributed by atoms with Crippen LogP contribution in [0.4, 0.5) is 13.2 Å². The molecule has 1 fully saturated rings. The third-order valence-electron chi connectivity index (χ3n) is 2.88. The van der Waals surface area contributed by atoms with Crippen LogP contribution in [-0.4, -0.2) is 6.18 Å². The molecule has 1 aliphatic rings. The molecule has 0 aromatic rings. The highest BCUT2D eigenvalue weighted by atomic mass is 19.4. The SMILES string of the molecule is CC1CCCC(CCC(F)(F)F)C1. The first-order valence-electron chi connectivity index (χ1n) is 5.04. The van der Waals surface area contributed by atoms with Gasteiger partial charge in [0.15, 0.2) is 0 Å². The molecule has 0 aromatic heterocycles. The van der Waals surface area contributed by atoms with Crippen molar-refractivity contribution in [3.63, 3.8) is 0 Å². The van der Waals surface area contributed by atoms with Gasteiger partial charge in [-0.3, -0.25) is 0 Å². The summed E-state index contributed by atoms with van der Waals surface area (Å²) in [6.45, 7) is 2.14. The lowest BCUT2D eigenvalue weighted by molar-refractivity contribution is -0.138. The number of halogens is 3. The topological polar surface area (TPSA) is 0 Å². The van der Waals surface area contributed by atoms with Crippen molar-refractivity contribution in [3.8, 4) is 0 Å². The van der Waals surface area contributed by atoms with Crippen LogP contribution < -0.4 is 0 Å². The average Bonchev–Trinajstić information content (AvgIpc) is 2.00. The molecule has 0 nitrogen and oxygen atoms in total. The summed E-state index contributed by atoms with van der Waals surface area (Å²) in [5, 5.41) is 0. The minimum atomic E-state index is -3.96. The Bertz CT molecular complexity index is 151. The predicted molar refractivity (Wildman–Crippen MR) is 46.4 cm³/mol. The van der Waals surface area contributed by atoms with Gasteiger partial charge in [0.1, 0.15) is 0 Å². The van der Waals surface area contributed by atoms with E-state index in [1.165, 1.54) is 6.42 Å². The third-order valence-corrected chi connectivity index (χ3v) is 2.88. The van der Waals surface area contributed by atoms with Crippen LogP contribution in [0.1, 0.15) is 45.4 Å². The second-order valence-electron chi connectivity index (χ2n) is 4.29. The molecular weight excluding hydrogens is 177 g/mol. The van der Waals surface area contributed by atoms with Gasteiger partial charge < -0.3 is 0 Å². The molecule has 2 unspecified atom stereocenters. The van der Waals surface area contributed by atoms with E-state index < -0.39 is 12.6 Å². The Morgan fingerprint density at radius 3 is 2.46 bits per heavy atom. The zero-order valence-corrected chi connectivity index (χ0v) is 8.03. The largest absolute Gasteiger partial charge is 0.389 e. The number of hydrogen-bond acceptors (Lipinski definition) is 0. The van der Waals surface area contributed by atoms with Crippen LogP contribution in [0.25, 0.3) is 0 Å². The molecule has 13 heavy (non-hydrogen) atoms. The summed E-state index contributed by atoms with van der Waals surface area (Å²) in [6, 6.07) is 0. The van der Waals surface area contributed by atoms with E-state index in [-0.39, 0.29) is 0 Å². The molecule has 0 spiro atoms. The Morgan fingerprint density at radius 1 is 1.23 bits per heavy atom. The second-order valence-corrected chi connectivity index (χ2v) is 4.29. The maximum absolute atomic E-state index is 11.9. The van der Waals surface area contributed by atoms with Crippen LogP contribution >= 0.6 is 0 Å². The Morgan fingerprint density at radius 2 is 1.92 bits per heavy atom. The van der Waals surface area contributed by atoms with Gasteiger partial charge in [0.05, 0.1) is 0 Å². The standard InChI is InChI=1S/C10H17F3/c1-8-3-2-4-9(7-8)5-6-10(11,12)13/h8-9H,2-7H2,1H3. The Labute approximate surface area is 77.5 Å². The quantitative estimate of drug-likeness (QED) is 0.619.